The molecule has 0 bridgehead atoms. The lowest BCUT2D eigenvalue weighted by atomic mass is 9.52. The van der Waals surface area contributed by atoms with Gasteiger partial charge in [0.1, 0.15) is 0 Å². The lowest BCUT2D eigenvalue weighted by Crippen LogP contribution is -2.64. The van der Waals surface area contributed by atoms with E-state index in [4.69, 9.17) is 0 Å². The zero-order valence-electron chi connectivity index (χ0n) is 29.4. The molecule has 9 aromatic carbocycles. The Morgan fingerprint density at radius 2 is 1.12 bits per heavy atom. The van der Waals surface area contributed by atoms with E-state index < -0.39 is 0 Å². The van der Waals surface area contributed by atoms with E-state index in [9.17, 15) is 0 Å². The quantitative estimate of drug-likeness (QED) is 0.181. The highest BCUT2D eigenvalue weighted by atomic mass is 15.3. The maximum Gasteiger partial charge on any atom is 0.0594 e. The van der Waals surface area contributed by atoms with Crippen molar-refractivity contribution in [2.75, 3.05) is 4.90 Å². The molecule has 50 heavy (non-hydrogen) atoms. The van der Waals surface area contributed by atoms with Gasteiger partial charge in [-0.3, -0.25) is 0 Å². The van der Waals surface area contributed by atoms with Crippen molar-refractivity contribution in [3.05, 3.63) is 133 Å². The van der Waals surface area contributed by atoms with Crippen molar-refractivity contribution in [1.29, 1.82) is 0 Å². The van der Waals surface area contributed by atoms with Crippen molar-refractivity contribution >= 4 is 76.0 Å². The van der Waals surface area contributed by atoms with Crippen molar-refractivity contribution in [3.8, 4) is 11.1 Å². The standard InChI is InChI=1S/C49H41N/c1-47(2,3)49-26-9-8-25-48(49,4)43-27-31(21-24-44(43)50(49)32-15-6-5-7-16-32)33-22-23-38-42-29-40-36-18-11-14-30-13-10-17-35(45(30)36)39(40)28-41(42)37-20-12-19-34(33)46(37)38/h5-7,10-24,27-29H,8-9,25-26H2,1-4H3. The van der Waals surface area contributed by atoms with Gasteiger partial charge >= 0.3 is 0 Å². The van der Waals surface area contributed by atoms with Crippen molar-refractivity contribution in [2.24, 2.45) is 5.41 Å². The first kappa shape index (κ1) is 28.7. The Morgan fingerprint density at radius 3 is 1.80 bits per heavy atom. The molecular weight excluding hydrogens is 603 g/mol. The van der Waals surface area contributed by atoms with Gasteiger partial charge < -0.3 is 4.90 Å². The van der Waals surface area contributed by atoms with Gasteiger partial charge in [-0.2, -0.15) is 0 Å². The minimum atomic E-state index is -0.00639. The number of para-hydroxylation sites is 1. The molecule has 1 aliphatic heterocycles. The molecular formula is C49H41N. The SMILES string of the molecule is CC(C)(C)C12CCCCC1(C)c1cc(-c3ccc4c5cc6c(cc5c5cccc3c54)c3cccc4cccc6c43)ccc1N2c1ccccc1. The number of hydrogen-bond acceptors (Lipinski definition) is 1. The van der Waals surface area contributed by atoms with E-state index in [2.05, 4.69) is 160 Å². The molecule has 0 aromatic heterocycles. The summed E-state index contributed by atoms with van der Waals surface area (Å²) in [5.74, 6) is 0. The second-order valence-corrected chi connectivity index (χ2v) is 16.6. The molecule has 1 nitrogen and oxygen atoms in total. The molecule has 0 amide bonds. The normalized spacial score (nSPS) is 21.0. The first-order valence-electron chi connectivity index (χ1n) is 18.6. The van der Waals surface area contributed by atoms with Gasteiger partial charge in [0.15, 0.2) is 0 Å². The van der Waals surface area contributed by atoms with Crippen LogP contribution in [0.3, 0.4) is 0 Å². The van der Waals surface area contributed by atoms with Crippen LogP contribution in [0.1, 0.15) is 58.9 Å². The molecule has 1 heterocycles. The fourth-order valence-electron chi connectivity index (χ4n) is 11.5. The molecule has 1 fully saturated rings. The van der Waals surface area contributed by atoms with Crippen molar-refractivity contribution in [2.45, 2.75) is 64.3 Å². The summed E-state index contributed by atoms with van der Waals surface area (Å²) >= 11 is 0. The molecule has 2 unspecified atom stereocenters. The molecule has 0 saturated heterocycles. The van der Waals surface area contributed by atoms with Crippen molar-refractivity contribution < 1.29 is 0 Å². The maximum absolute atomic E-state index is 2.76. The molecule has 0 N–H and O–H groups in total. The number of fused-ring (bicyclic) bond motifs is 9. The summed E-state index contributed by atoms with van der Waals surface area (Å²) in [6.07, 6.45) is 4.97. The highest BCUT2D eigenvalue weighted by Gasteiger charge is 2.65. The number of nitrogens with zero attached hydrogens (tertiary/aromatic N) is 1. The average molecular weight is 644 g/mol. The zero-order chi connectivity index (χ0) is 33.6. The van der Waals surface area contributed by atoms with E-state index in [0.29, 0.717) is 0 Å². The summed E-state index contributed by atoms with van der Waals surface area (Å²) in [6.45, 7) is 10.0. The fourth-order valence-corrected chi connectivity index (χ4v) is 11.5. The average Bonchev–Trinajstić information content (AvgIpc) is 3.71. The van der Waals surface area contributed by atoms with E-state index >= 15 is 0 Å². The summed E-state index contributed by atoms with van der Waals surface area (Å²) in [6, 6.07) is 48.9. The smallest absolute Gasteiger partial charge is 0.0594 e. The fraction of sp³-hybridized carbons (Fsp3) is 0.224. The van der Waals surface area contributed by atoms with Gasteiger partial charge in [-0.25, -0.2) is 0 Å². The van der Waals surface area contributed by atoms with Gasteiger partial charge in [0.05, 0.1) is 5.54 Å². The number of anilines is 2. The maximum atomic E-state index is 2.76. The highest BCUT2D eigenvalue weighted by molar-refractivity contribution is 6.38. The van der Waals surface area contributed by atoms with Gasteiger partial charge in [0.2, 0.25) is 0 Å². The van der Waals surface area contributed by atoms with Crippen molar-refractivity contribution in [3.63, 3.8) is 0 Å². The largest absolute Gasteiger partial charge is 0.334 e. The number of hydrogen-bond donors (Lipinski definition) is 0. The van der Waals surface area contributed by atoms with Gasteiger partial charge in [0, 0.05) is 16.8 Å². The second kappa shape index (κ2) is 9.55. The zero-order valence-corrected chi connectivity index (χ0v) is 29.4. The van der Waals surface area contributed by atoms with Crippen LogP contribution >= 0.6 is 0 Å². The van der Waals surface area contributed by atoms with Crippen LogP contribution in [0.5, 0.6) is 0 Å². The third kappa shape index (κ3) is 3.34. The molecule has 242 valence electrons. The Morgan fingerprint density at radius 1 is 0.520 bits per heavy atom. The Bertz CT molecular complexity index is 2740. The van der Waals surface area contributed by atoms with Gasteiger partial charge in [-0.05, 0) is 136 Å². The van der Waals surface area contributed by atoms with E-state index in [1.807, 2.05) is 0 Å². The van der Waals surface area contributed by atoms with E-state index in [0.717, 1.165) is 0 Å². The number of benzene rings is 7. The van der Waals surface area contributed by atoms with Crippen LogP contribution in [0.25, 0.3) is 75.8 Å². The van der Waals surface area contributed by atoms with Crippen LogP contribution in [0.15, 0.2) is 127 Å². The molecule has 11 rings (SSSR count). The second-order valence-electron chi connectivity index (χ2n) is 16.6. The predicted molar refractivity (Wildman–Crippen MR) is 216 cm³/mol. The third-order valence-corrected chi connectivity index (χ3v) is 13.4. The van der Waals surface area contributed by atoms with Crippen LogP contribution in [0.2, 0.25) is 0 Å². The Balaban J connectivity index is 1.15. The monoisotopic (exact) mass is 643 g/mol. The molecule has 0 spiro atoms. The predicted octanol–water partition coefficient (Wildman–Crippen LogP) is 13.9. The Hall–Kier alpha value is -5.14. The Labute approximate surface area is 293 Å². The molecule has 1 heteroatoms. The van der Waals surface area contributed by atoms with Crippen molar-refractivity contribution in [1.82, 2.24) is 0 Å². The molecule has 9 aromatic rings. The van der Waals surface area contributed by atoms with Crippen LogP contribution in [-0.4, -0.2) is 5.54 Å². The first-order chi connectivity index (χ1) is 24.3. The summed E-state index contributed by atoms with van der Waals surface area (Å²) in [4.78, 5) is 2.76. The summed E-state index contributed by atoms with van der Waals surface area (Å²) in [5, 5.41) is 16.4. The van der Waals surface area contributed by atoms with E-state index in [-0.39, 0.29) is 16.4 Å². The molecule has 1 saturated carbocycles. The number of rotatable bonds is 2. The van der Waals surface area contributed by atoms with Gasteiger partial charge in [-0.1, -0.05) is 132 Å². The van der Waals surface area contributed by atoms with Crippen LogP contribution in [0.4, 0.5) is 11.4 Å². The summed E-state index contributed by atoms with van der Waals surface area (Å²) in [7, 11) is 0. The molecule has 0 radical (unpaired) electrons. The lowest BCUT2D eigenvalue weighted by Gasteiger charge is -2.59. The van der Waals surface area contributed by atoms with Crippen LogP contribution < -0.4 is 4.90 Å². The Kier molecular flexibility index (Phi) is 5.48. The van der Waals surface area contributed by atoms with Gasteiger partial charge in [0.25, 0.3) is 0 Å². The molecule has 2 atom stereocenters. The van der Waals surface area contributed by atoms with E-state index in [1.54, 1.807) is 0 Å². The summed E-state index contributed by atoms with van der Waals surface area (Å²) in [5.41, 5.74) is 7.00. The first-order valence-corrected chi connectivity index (χ1v) is 18.6. The molecule has 1 aliphatic carbocycles. The lowest BCUT2D eigenvalue weighted by molar-refractivity contribution is 0.0608. The minimum Gasteiger partial charge on any atom is -0.334 e. The topological polar surface area (TPSA) is 3.24 Å². The van der Waals surface area contributed by atoms with Crippen LogP contribution in [-0.2, 0) is 5.41 Å². The molecule has 2 aliphatic rings. The van der Waals surface area contributed by atoms with Gasteiger partial charge in [-0.15, -0.1) is 0 Å². The minimum absolute atomic E-state index is 0.00639. The van der Waals surface area contributed by atoms with Crippen LogP contribution in [0, 0.1) is 5.41 Å². The van der Waals surface area contributed by atoms with E-state index in [1.165, 1.54) is 118 Å². The summed E-state index contributed by atoms with van der Waals surface area (Å²) < 4.78 is 0. The third-order valence-electron chi connectivity index (χ3n) is 13.4. The highest BCUT2D eigenvalue weighted by Crippen LogP contribution is 2.66.